The number of rotatable bonds is 11. The molecule has 1 N–H and O–H groups in total. The second-order valence-electron chi connectivity index (χ2n) is 5.17. The summed E-state index contributed by atoms with van der Waals surface area (Å²) in [6, 6.07) is 5.26. The van der Waals surface area contributed by atoms with Gasteiger partial charge >= 0.3 is 0 Å². The second kappa shape index (κ2) is 10.8. The van der Waals surface area contributed by atoms with Crippen molar-refractivity contribution in [2.24, 2.45) is 0 Å². The summed E-state index contributed by atoms with van der Waals surface area (Å²) in [5, 5.41) is 3.24. The average Bonchev–Trinajstić information content (AvgIpc) is 2.46. The lowest BCUT2D eigenvalue weighted by Crippen LogP contribution is -2.12. The van der Waals surface area contributed by atoms with E-state index in [1.165, 1.54) is 31.7 Å². The van der Waals surface area contributed by atoms with E-state index in [-0.39, 0.29) is 5.82 Å². The van der Waals surface area contributed by atoms with Crippen molar-refractivity contribution in [1.82, 2.24) is 5.32 Å². The van der Waals surface area contributed by atoms with E-state index in [4.69, 9.17) is 4.74 Å². The van der Waals surface area contributed by atoms with Crippen molar-refractivity contribution in [3.05, 3.63) is 35.1 Å². The lowest BCUT2D eigenvalue weighted by molar-refractivity contribution is 0.114. The number of nitrogens with one attached hydrogen (secondary N) is 1. The lowest BCUT2D eigenvalue weighted by Gasteiger charge is -2.08. The van der Waals surface area contributed by atoms with Crippen molar-refractivity contribution in [3.8, 4) is 0 Å². The highest BCUT2D eigenvalue weighted by molar-refractivity contribution is 5.24. The molecule has 3 heteroatoms. The first kappa shape index (κ1) is 17.1. The van der Waals surface area contributed by atoms with Gasteiger partial charge in [-0.15, -0.1) is 0 Å². The van der Waals surface area contributed by atoms with Crippen molar-refractivity contribution in [1.29, 1.82) is 0 Å². The van der Waals surface area contributed by atoms with E-state index in [0.717, 1.165) is 31.7 Å². The van der Waals surface area contributed by atoms with Gasteiger partial charge in [-0.05, 0) is 30.7 Å². The Labute approximate surface area is 122 Å². The third-order valence-electron chi connectivity index (χ3n) is 3.34. The molecule has 0 saturated heterocycles. The number of hydrogen-bond donors (Lipinski definition) is 1. The maximum atomic E-state index is 13.7. The fourth-order valence-electron chi connectivity index (χ4n) is 2.11. The summed E-state index contributed by atoms with van der Waals surface area (Å²) >= 11 is 0. The Balaban J connectivity index is 2.27. The van der Waals surface area contributed by atoms with E-state index in [1.54, 1.807) is 0 Å². The number of unbranched alkanes of at least 4 members (excludes halogenated alkanes) is 4. The molecule has 0 fully saturated rings. The largest absolute Gasteiger partial charge is 0.377 e. The van der Waals surface area contributed by atoms with Crippen LogP contribution < -0.4 is 5.32 Å². The molecule has 0 aliphatic carbocycles. The molecule has 2 nitrogen and oxygen atoms in total. The Hall–Kier alpha value is -0.930. The van der Waals surface area contributed by atoms with Crippen LogP contribution in [-0.4, -0.2) is 13.2 Å². The molecule has 1 rings (SSSR count). The van der Waals surface area contributed by atoms with Gasteiger partial charge in [-0.2, -0.15) is 0 Å². The zero-order valence-electron chi connectivity index (χ0n) is 12.9. The van der Waals surface area contributed by atoms with Crippen LogP contribution in [0.15, 0.2) is 18.2 Å². The first-order valence-electron chi connectivity index (χ1n) is 7.83. The summed E-state index contributed by atoms with van der Waals surface area (Å²) in [6.45, 7) is 7.06. The topological polar surface area (TPSA) is 21.3 Å². The SMILES string of the molecule is CCCCCCCOCc1cc(CNCC)ccc1F. The van der Waals surface area contributed by atoms with Crippen LogP contribution in [0.2, 0.25) is 0 Å². The van der Waals surface area contributed by atoms with E-state index in [1.807, 2.05) is 12.1 Å². The lowest BCUT2D eigenvalue weighted by atomic mass is 10.1. The summed E-state index contributed by atoms with van der Waals surface area (Å²) in [4.78, 5) is 0. The van der Waals surface area contributed by atoms with Gasteiger partial charge in [-0.1, -0.05) is 45.6 Å². The normalized spacial score (nSPS) is 10.9. The average molecular weight is 281 g/mol. The van der Waals surface area contributed by atoms with Crippen molar-refractivity contribution < 1.29 is 9.13 Å². The number of benzene rings is 1. The molecule has 0 unspecified atom stereocenters. The van der Waals surface area contributed by atoms with Gasteiger partial charge in [0.1, 0.15) is 5.82 Å². The molecule has 0 aliphatic rings. The van der Waals surface area contributed by atoms with Crippen LogP contribution in [0.1, 0.15) is 57.1 Å². The van der Waals surface area contributed by atoms with Crippen molar-refractivity contribution >= 4 is 0 Å². The fraction of sp³-hybridized carbons (Fsp3) is 0.647. The quantitative estimate of drug-likeness (QED) is 0.606. The van der Waals surface area contributed by atoms with E-state index in [0.29, 0.717) is 12.2 Å². The summed E-state index contributed by atoms with van der Waals surface area (Å²) in [6.07, 6.45) is 6.09. The van der Waals surface area contributed by atoms with Gasteiger partial charge in [0.05, 0.1) is 6.61 Å². The van der Waals surface area contributed by atoms with Gasteiger partial charge in [0.2, 0.25) is 0 Å². The molecule has 1 aromatic rings. The molecule has 0 amide bonds. The van der Waals surface area contributed by atoms with E-state index in [9.17, 15) is 4.39 Å². The molecule has 114 valence electrons. The van der Waals surface area contributed by atoms with Gasteiger partial charge in [0.25, 0.3) is 0 Å². The molecule has 0 heterocycles. The third kappa shape index (κ3) is 7.01. The Kier molecular flexibility index (Phi) is 9.25. The number of hydrogen-bond acceptors (Lipinski definition) is 2. The first-order valence-corrected chi connectivity index (χ1v) is 7.83. The Morgan fingerprint density at radius 3 is 2.65 bits per heavy atom. The zero-order valence-corrected chi connectivity index (χ0v) is 12.9. The molecule has 1 aromatic carbocycles. The van der Waals surface area contributed by atoms with Gasteiger partial charge in [-0.25, -0.2) is 4.39 Å². The fourth-order valence-corrected chi connectivity index (χ4v) is 2.11. The molecule has 0 radical (unpaired) electrons. The third-order valence-corrected chi connectivity index (χ3v) is 3.34. The smallest absolute Gasteiger partial charge is 0.128 e. The maximum absolute atomic E-state index is 13.7. The van der Waals surface area contributed by atoms with Crippen LogP contribution in [0.25, 0.3) is 0 Å². The molecule has 0 bridgehead atoms. The highest BCUT2D eigenvalue weighted by atomic mass is 19.1. The minimum Gasteiger partial charge on any atom is -0.377 e. The molecule has 0 atom stereocenters. The van der Waals surface area contributed by atoms with Crippen LogP contribution in [0.5, 0.6) is 0 Å². The van der Waals surface area contributed by atoms with Gasteiger partial charge in [0.15, 0.2) is 0 Å². The molecular weight excluding hydrogens is 253 g/mol. The molecule has 20 heavy (non-hydrogen) atoms. The maximum Gasteiger partial charge on any atom is 0.128 e. The summed E-state index contributed by atoms with van der Waals surface area (Å²) in [5.74, 6) is -0.170. The predicted molar refractivity (Wildman–Crippen MR) is 82.2 cm³/mol. The minimum atomic E-state index is -0.170. The summed E-state index contributed by atoms with van der Waals surface area (Å²) < 4.78 is 19.2. The monoisotopic (exact) mass is 281 g/mol. The van der Waals surface area contributed by atoms with Crippen LogP contribution in [0.4, 0.5) is 4.39 Å². The Morgan fingerprint density at radius 2 is 1.90 bits per heavy atom. The van der Waals surface area contributed by atoms with E-state index in [2.05, 4.69) is 19.2 Å². The zero-order chi connectivity index (χ0) is 14.6. The number of ether oxygens (including phenoxy) is 1. The second-order valence-corrected chi connectivity index (χ2v) is 5.17. The van der Waals surface area contributed by atoms with Gasteiger partial charge < -0.3 is 10.1 Å². The number of halogens is 1. The van der Waals surface area contributed by atoms with Crippen LogP contribution in [-0.2, 0) is 17.9 Å². The highest BCUT2D eigenvalue weighted by Gasteiger charge is 2.04. The summed E-state index contributed by atoms with van der Waals surface area (Å²) in [7, 11) is 0. The Bertz CT molecular complexity index is 368. The molecular formula is C17H28FNO. The van der Waals surface area contributed by atoms with Crippen molar-refractivity contribution in [2.45, 2.75) is 59.1 Å². The van der Waals surface area contributed by atoms with Crippen LogP contribution in [0.3, 0.4) is 0 Å². The van der Waals surface area contributed by atoms with E-state index < -0.39 is 0 Å². The summed E-state index contributed by atoms with van der Waals surface area (Å²) in [5.41, 5.74) is 1.77. The van der Waals surface area contributed by atoms with Gasteiger partial charge in [-0.3, -0.25) is 0 Å². The van der Waals surface area contributed by atoms with E-state index >= 15 is 0 Å². The molecule has 0 saturated carbocycles. The van der Waals surface area contributed by atoms with Crippen LogP contribution in [0, 0.1) is 5.82 Å². The van der Waals surface area contributed by atoms with Crippen molar-refractivity contribution in [3.63, 3.8) is 0 Å². The van der Waals surface area contributed by atoms with Gasteiger partial charge in [0, 0.05) is 18.7 Å². The minimum absolute atomic E-state index is 0.170. The Morgan fingerprint density at radius 1 is 1.10 bits per heavy atom. The predicted octanol–water partition coefficient (Wildman–Crippen LogP) is 4.42. The van der Waals surface area contributed by atoms with Crippen molar-refractivity contribution in [2.75, 3.05) is 13.2 Å². The molecule has 0 aliphatic heterocycles. The standard InChI is InChI=1S/C17H28FNO/c1-3-5-6-7-8-11-20-14-16-12-15(13-19-4-2)9-10-17(16)18/h9-10,12,19H,3-8,11,13-14H2,1-2H3. The van der Waals surface area contributed by atoms with Crippen LogP contribution >= 0.6 is 0 Å². The molecule has 0 aromatic heterocycles. The molecule has 0 spiro atoms. The first-order chi connectivity index (χ1) is 9.77. The highest BCUT2D eigenvalue weighted by Crippen LogP contribution is 2.12.